The number of fused-ring (bicyclic) bond motifs is 1. The molecule has 5 amide bonds. The van der Waals surface area contributed by atoms with E-state index in [4.69, 9.17) is 14.2 Å². The van der Waals surface area contributed by atoms with Crippen LogP contribution < -0.4 is 15.4 Å². The average molecular weight is 461 g/mol. The predicted octanol–water partition coefficient (Wildman–Crippen LogP) is 1.01. The van der Waals surface area contributed by atoms with E-state index in [2.05, 4.69) is 10.6 Å². The summed E-state index contributed by atoms with van der Waals surface area (Å²) in [4.78, 5) is 61.3. The van der Waals surface area contributed by atoms with Gasteiger partial charge in [-0.1, -0.05) is 0 Å². The lowest BCUT2D eigenvalue weighted by Crippen LogP contribution is -2.54. The van der Waals surface area contributed by atoms with Crippen molar-refractivity contribution in [3.8, 4) is 5.75 Å². The first-order chi connectivity index (χ1) is 15.6. The molecular weight excluding hydrogens is 434 g/mol. The summed E-state index contributed by atoms with van der Waals surface area (Å²) in [5, 5.41) is 4.73. The van der Waals surface area contributed by atoms with Gasteiger partial charge in [-0.3, -0.25) is 29.4 Å². The van der Waals surface area contributed by atoms with Crippen LogP contribution in [-0.4, -0.2) is 72.6 Å². The summed E-state index contributed by atoms with van der Waals surface area (Å²) in [6.45, 7) is 6.29. The highest BCUT2D eigenvalue weighted by Crippen LogP contribution is 2.30. The van der Waals surface area contributed by atoms with Gasteiger partial charge in [-0.05, 0) is 45.4 Å². The Morgan fingerprint density at radius 2 is 1.82 bits per heavy atom. The molecule has 0 saturated carbocycles. The first-order valence-electron chi connectivity index (χ1n) is 10.6. The van der Waals surface area contributed by atoms with Crippen molar-refractivity contribution in [3.63, 3.8) is 0 Å². The van der Waals surface area contributed by atoms with Gasteiger partial charge >= 0.3 is 6.09 Å². The maximum atomic E-state index is 12.8. The minimum atomic E-state index is -1.01. The van der Waals surface area contributed by atoms with Crippen LogP contribution in [0.5, 0.6) is 5.75 Å². The van der Waals surface area contributed by atoms with Gasteiger partial charge in [-0.15, -0.1) is 0 Å². The average Bonchev–Trinajstić information content (AvgIpc) is 2.96. The predicted molar refractivity (Wildman–Crippen MR) is 114 cm³/mol. The van der Waals surface area contributed by atoms with Crippen molar-refractivity contribution in [2.45, 2.75) is 45.3 Å². The fourth-order valence-corrected chi connectivity index (χ4v) is 3.40. The van der Waals surface area contributed by atoms with E-state index in [0.717, 1.165) is 4.90 Å². The van der Waals surface area contributed by atoms with Gasteiger partial charge in [-0.25, -0.2) is 4.79 Å². The fourth-order valence-electron chi connectivity index (χ4n) is 3.40. The summed E-state index contributed by atoms with van der Waals surface area (Å²) < 4.78 is 16.1. The Balaban J connectivity index is 1.45. The topological polar surface area (TPSA) is 140 Å². The molecule has 1 saturated heterocycles. The second kappa shape index (κ2) is 9.99. The highest BCUT2D eigenvalue weighted by atomic mass is 16.6. The SMILES string of the molecule is CC(C)(C)OC(=O)NCCOCCOc1ccc2c(c1)C(=O)N(C1CCC(=O)NC1=O)C2=O. The van der Waals surface area contributed by atoms with Gasteiger partial charge < -0.3 is 19.5 Å². The number of hydrogen-bond acceptors (Lipinski definition) is 8. The van der Waals surface area contributed by atoms with Gasteiger partial charge in [0.25, 0.3) is 11.8 Å². The van der Waals surface area contributed by atoms with E-state index in [1.165, 1.54) is 12.1 Å². The molecule has 33 heavy (non-hydrogen) atoms. The molecule has 1 aromatic rings. The van der Waals surface area contributed by atoms with Gasteiger partial charge in [0.1, 0.15) is 24.0 Å². The molecule has 0 bridgehead atoms. The standard InChI is InChI=1S/C22H27N3O8/c1-22(2,3)33-21(30)23-8-9-31-10-11-32-13-4-5-14-15(12-13)20(29)25(19(14)28)16-6-7-17(26)24-18(16)27/h4-5,12,16H,6-11H2,1-3H3,(H,23,30)(H,24,26,27). The lowest BCUT2D eigenvalue weighted by molar-refractivity contribution is -0.136. The first-order valence-corrected chi connectivity index (χ1v) is 10.6. The van der Waals surface area contributed by atoms with Crippen LogP contribution in [0, 0.1) is 0 Å². The second-order valence-electron chi connectivity index (χ2n) is 8.54. The van der Waals surface area contributed by atoms with E-state index < -0.39 is 41.4 Å². The van der Waals surface area contributed by atoms with Crippen LogP contribution in [0.4, 0.5) is 4.79 Å². The third kappa shape index (κ3) is 6.07. The van der Waals surface area contributed by atoms with Crippen molar-refractivity contribution >= 4 is 29.7 Å². The molecule has 1 fully saturated rings. The van der Waals surface area contributed by atoms with E-state index in [1.807, 2.05) is 0 Å². The van der Waals surface area contributed by atoms with Gasteiger partial charge in [-0.2, -0.15) is 0 Å². The number of piperidine rings is 1. The molecule has 1 unspecified atom stereocenters. The fraction of sp³-hybridized carbons (Fsp3) is 0.500. The number of carbonyl (C=O) groups is 5. The quantitative estimate of drug-likeness (QED) is 0.432. The van der Waals surface area contributed by atoms with Crippen molar-refractivity contribution in [2.75, 3.05) is 26.4 Å². The monoisotopic (exact) mass is 461 g/mol. The molecule has 1 aromatic carbocycles. The molecule has 11 heteroatoms. The van der Waals surface area contributed by atoms with Crippen LogP contribution in [0.15, 0.2) is 18.2 Å². The number of nitrogens with one attached hydrogen (secondary N) is 2. The summed E-state index contributed by atoms with van der Waals surface area (Å²) >= 11 is 0. The van der Waals surface area contributed by atoms with Gasteiger partial charge in [0, 0.05) is 13.0 Å². The Morgan fingerprint density at radius 1 is 1.09 bits per heavy atom. The molecule has 3 rings (SSSR count). The van der Waals surface area contributed by atoms with Crippen LogP contribution in [0.2, 0.25) is 0 Å². The molecule has 0 radical (unpaired) electrons. The third-order valence-corrected chi connectivity index (χ3v) is 4.82. The van der Waals surface area contributed by atoms with Crippen molar-refractivity contribution in [1.82, 2.24) is 15.5 Å². The Hall–Kier alpha value is -3.47. The van der Waals surface area contributed by atoms with Crippen LogP contribution in [0.3, 0.4) is 0 Å². The number of ether oxygens (including phenoxy) is 3. The van der Waals surface area contributed by atoms with E-state index in [1.54, 1.807) is 26.8 Å². The van der Waals surface area contributed by atoms with Crippen LogP contribution >= 0.6 is 0 Å². The Bertz CT molecular complexity index is 969. The first kappa shape index (κ1) is 24.2. The lowest BCUT2D eigenvalue weighted by atomic mass is 10.0. The van der Waals surface area contributed by atoms with Crippen molar-refractivity contribution in [1.29, 1.82) is 0 Å². The normalized spacial score (nSPS) is 18.2. The van der Waals surface area contributed by atoms with Gasteiger partial charge in [0.05, 0.1) is 24.3 Å². The molecular formula is C22H27N3O8. The van der Waals surface area contributed by atoms with Crippen LogP contribution in [0.25, 0.3) is 0 Å². The molecule has 178 valence electrons. The zero-order valence-corrected chi connectivity index (χ0v) is 18.8. The van der Waals surface area contributed by atoms with E-state index >= 15 is 0 Å². The molecule has 0 spiro atoms. The number of alkyl carbamates (subject to hydrolysis) is 1. The number of rotatable bonds is 8. The molecule has 1 atom stereocenters. The minimum Gasteiger partial charge on any atom is -0.491 e. The van der Waals surface area contributed by atoms with Crippen LogP contribution in [-0.2, 0) is 19.1 Å². The maximum absolute atomic E-state index is 12.8. The number of amides is 5. The van der Waals surface area contributed by atoms with E-state index in [-0.39, 0.29) is 50.3 Å². The number of carbonyl (C=O) groups excluding carboxylic acids is 5. The third-order valence-electron chi connectivity index (χ3n) is 4.82. The number of benzene rings is 1. The summed E-state index contributed by atoms with van der Waals surface area (Å²) in [5.74, 6) is -1.88. The van der Waals surface area contributed by atoms with E-state index in [9.17, 15) is 24.0 Å². The van der Waals surface area contributed by atoms with Crippen LogP contribution in [0.1, 0.15) is 54.3 Å². The number of nitrogens with zero attached hydrogens (tertiary/aromatic N) is 1. The summed E-state index contributed by atoms with van der Waals surface area (Å²) in [7, 11) is 0. The second-order valence-corrected chi connectivity index (χ2v) is 8.54. The Kier molecular flexibility index (Phi) is 7.32. The minimum absolute atomic E-state index is 0.0610. The maximum Gasteiger partial charge on any atom is 0.407 e. The van der Waals surface area contributed by atoms with E-state index in [0.29, 0.717) is 5.75 Å². The zero-order valence-electron chi connectivity index (χ0n) is 18.8. The Labute approximate surface area is 190 Å². The smallest absolute Gasteiger partial charge is 0.407 e. The molecule has 11 nitrogen and oxygen atoms in total. The summed E-state index contributed by atoms with van der Waals surface area (Å²) in [6, 6.07) is 3.47. The van der Waals surface area contributed by atoms with Crippen molar-refractivity contribution < 1.29 is 38.2 Å². The number of hydrogen-bond donors (Lipinski definition) is 2. The van der Waals surface area contributed by atoms with Crippen molar-refractivity contribution in [3.05, 3.63) is 29.3 Å². The highest BCUT2D eigenvalue weighted by molar-refractivity contribution is 6.23. The van der Waals surface area contributed by atoms with Gasteiger partial charge in [0.15, 0.2) is 0 Å². The molecule has 0 aliphatic carbocycles. The molecule has 2 N–H and O–H groups in total. The zero-order chi connectivity index (χ0) is 24.2. The summed E-state index contributed by atoms with van der Waals surface area (Å²) in [5.41, 5.74) is -0.245. The van der Waals surface area contributed by atoms with Gasteiger partial charge in [0.2, 0.25) is 11.8 Å². The molecule has 0 aromatic heterocycles. The highest BCUT2D eigenvalue weighted by Gasteiger charge is 2.44. The van der Waals surface area contributed by atoms with Crippen molar-refractivity contribution in [2.24, 2.45) is 0 Å². The summed E-state index contributed by atoms with van der Waals surface area (Å²) in [6.07, 6.45) is -0.364. The lowest BCUT2D eigenvalue weighted by Gasteiger charge is -2.27. The molecule has 2 heterocycles. The number of imide groups is 2. The Morgan fingerprint density at radius 3 is 2.52 bits per heavy atom. The molecule has 2 aliphatic rings. The molecule has 2 aliphatic heterocycles. The largest absolute Gasteiger partial charge is 0.491 e.